The predicted octanol–water partition coefficient (Wildman–Crippen LogP) is 1.51. The molecule has 0 aromatic heterocycles. The minimum absolute atomic E-state index is 0.250. The highest BCUT2D eigenvalue weighted by molar-refractivity contribution is 5.96. The van der Waals surface area contributed by atoms with Crippen LogP contribution in [0.5, 0.6) is 0 Å². The van der Waals surface area contributed by atoms with Gasteiger partial charge < -0.3 is 14.7 Å². The van der Waals surface area contributed by atoms with Crippen LogP contribution in [0.3, 0.4) is 0 Å². The molecule has 0 radical (unpaired) electrons. The van der Waals surface area contributed by atoms with Gasteiger partial charge in [0.1, 0.15) is 18.0 Å². The molecule has 1 aromatic carbocycles. The van der Waals surface area contributed by atoms with Crippen molar-refractivity contribution in [2.75, 3.05) is 19.7 Å². The van der Waals surface area contributed by atoms with Gasteiger partial charge in [0, 0.05) is 18.7 Å². The average Bonchev–Trinajstić information content (AvgIpc) is 2.44. The van der Waals surface area contributed by atoms with E-state index in [1.165, 1.54) is 0 Å². The monoisotopic (exact) mass is 342 g/mol. The van der Waals surface area contributed by atoms with E-state index < -0.39 is 52.6 Å². The molecule has 24 heavy (non-hydrogen) atoms. The Morgan fingerprint density at radius 1 is 1.38 bits per heavy atom. The molecule has 0 aliphatic rings. The molecule has 8 nitrogen and oxygen atoms in total. The summed E-state index contributed by atoms with van der Waals surface area (Å²) in [4.78, 5) is 35.1. The van der Waals surface area contributed by atoms with Gasteiger partial charge >= 0.3 is 5.97 Å². The molecule has 0 spiro atoms. The van der Waals surface area contributed by atoms with Gasteiger partial charge in [-0.15, -0.1) is 0 Å². The Balaban J connectivity index is 3.04. The van der Waals surface area contributed by atoms with Crippen molar-refractivity contribution < 1.29 is 28.7 Å². The highest BCUT2D eigenvalue weighted by Crippen LogP contribution is 2.19. The summed E-state index contributed by atoms with van der Waals surface area (Å²) in [5.74, 6) is -2.65. The van der Waals surface area contributed by atoms with Crippen molar-refractivity contribution in [2.45, 2.75) is 26.4 Å². The van der Waals surface area contributed by atoms with Crippen molar-refractivity contribution in [2.24, 2.45) is 0 Å². The van der Waals surface area contributed by atoms with Crippen molar-refractivity contribution in [3.05, 3.63) is 39.7 Å². The number of nitro benzene ring substituents is 1. The van der Waals surface area contributed by atoms with Crippen LogP contribution in [-0.4, -0.2) is 52.1 Å². The van der Waals surface area contributed by atoms with Crippen molar-refractivity contribution in [3.63, 3.8) is 0 Å². The zero-order valence-corrected chi connectivity index (χ0v) is 13.6. The molecule has 1 rings (SSSR count). The van der Waals surface area contributed by atoms with E-state index in [-0.39, 0.29) is 6.54 Å². The van der Waals surface area contributed by atoms with Gasteiger partial charge in [0.25, 0.3) is 11.6 Å². The third-order valence-corrected chi connectivity index (χ3v) is 2.79. The summed E-state index contributed by atoms with van der Waals surface area (Å²) < 4.78 is 18.9. The highest BCUT2D eigenvalue weighted by atomic mass is 19.1. The van der Waals surface area contributed by atoms with E-state index in [0.29, 0.717) is 0 Å². The first kappa shape index (κ1) is 19.5. The van der Waals surface area contributed by atoms with Crippen LogP contribution in [0.1, 0.15) is 31.1 Å². The van der Waals surface area contributed by atoms with Crippen molar-refractivity contribution in [1.29, 1.82) is 0 Å². The van der Waals surface area contributed by atoms with E-state index in [2.05, 4.69) is 0 Å². The molecule has 1 aromatic rings. The number of esters is 1. The maximum Gasteiger partial charge on any atom is 0.326 e. The van der Waals surface area contributed by atoms with Crippen LogP contribution in [0.2, 0.25) is 0 Å². The Morgan fingerprint density at radius 2 is 2.00 bits per heavy atom. The van der Waals surface area contributed by atoms with Crippen LogP contribution in [0.15, 0.2) is 18.2 Å². The number of carbonyl (C=O) groups is 2. The molecule has 0 fully saturated rings. The number of benzene rings is 1. The summed E-state index contributed by atoms with van der Waals surface area (Å²) in [7, 11) is 0. The van der Waals surface area contributed by atoms with Crippen molar-refractivity contribution in [1.82, 2.24) is 4.90 Å². The molecular formula is C15H19FN2O6. The normalized spacial score (nSPS) is 11.0. The standard InChI is InChI=1S/C15H19FN2O6/c1-15(2,3)24-13(20)9-17(6-7-19)14(21)11-8-10(18(22)23)4-5-12(11)16/h4-5,8,19H,6-7,9H2,1-3H3. The smallest absolute Gasteiger partial charge is 0.326 e. The largest absolute Gasteiger partial charge is 0.459 e. The first-order valence-corrected chi connectivity index (χ1v) is 7.11. The third-order valence-electron chi connectivity index (χ3n) is 2.79. The van der Waals surface area contributed by atoms with Gasteiger partial charge in [-0.2, -0.15) is 0 Å². The SMILES string of the molecule is CC(C)(C)OC(=O)CN(CCO)C(=O)c1cc([N+](=O)[O-])ccc1F. The van der Waals surface area contributed by atoms with Gasteiger partial charge in [-0.05, 0) is 26.8 Å². The van der Waals surface area contributed by atoms with E-state index in [9.17, 15) is 24.1 Å². The van der Waals surface area contributed by atoms with Crippen LogP contribution in [-0.2, 0) is 9.53 Å². The number of amides is 1. The second-order valence-electron chi connectivity index (χ2n) is 5.96. The summed E-state index contributed by atoms with van der Waals surface area (Å²) in [6.07, 6.45) is 0. The fraction of sp³-hybridized carbons (Fsp3) is 0.467. The number of ether oxygens (including phenoxy) is 1. The molecular weight excluding hydrogens is 323 g/mol. The van der Waals surface area contributed by atoms with Crippen LogP contribution < -0.4 is 0 Å². The summed E-state index contributed by atoms with van der Waals surface area (Å²) >= 11 is 0. The van der Waals surface area contributed by atoms with Gasteiger partial charge in [-0.1, -0.05) is 0 Å². The molecule has 0 bridgehead atoms. The minimum atomic E-state index is -0.960. The van der Waals surface area contributed by atoms with Gasteiger partial charge in [0.2, 0.25) is 0 Å². The topological polar surface area (TPSA) is 110 Å². The molecule has 0 aliphatic carbocycles. The second-order valence-corrected chi connectivity index (χ2v) is 5.96. The van der Waals surface area contributed by atoms with Gasteiger partial charge in [0.05, 0.1) is 17.1 Å². The number of non-ortho nitro benzene ring substituents is 1. The molecule has 9 heteroatoms. The molecule has 1 N–H and O–H groups in total. The highest BCUT2D eigenvalue weighted by Gasteiger charge is 2.26. The molecule has 0 saturated heterocycles. The Bertz CT molecular complexity index is 641. The number of aliphatic hydroxyl groups is 1. The van der Waals surface area contributed by atoms with Crippen molar-refractivity contribution in [3.8, 4) is 0 Å². The molecule has 0 saturated carbocycles. The van der Waals surface area contributed by atoms with E-state index in [0.717, 1.165) is 23.1 Å². The Labute approximate surface area is 138 Å². The van der Waals surface area contributed by atoms with E-state index >= 15 is 0 Å². The maximum atomic E-state index is 13.8. The summed E-state index contributed by atoms with van der Waals surface area (Å²) in [5.41, 5.74) is -1.79. The Hall–Kier alpha value is -2.55. The quantitative estimate of drug-likeness (QED) is 0.477. The first-order chi connectivity index (χ1) is 11.0. The number of halogens is 1. The van der Waals surface area contributed by atoms with E-state index in [1.807, 2.05) is 0 Å². The molecule has 0 heterocycles. The third kappa shape index (κ3) is 5.58. The maximum absolute atomic E-state index is 13.8. The number of hydrogen-bond donors (Lipinski definition) is 1. The first-order valence-electron chi connectivity index (χ1n) is 7.11. The zero-order valence-electron chi connectivity index (χ0n) is 13.6. The molecule has 0 atom stereocenters. The van der Waals surface area contributed by atoms with E-state index in [4.69, 9.17) is 9.84 Å². The molecule has 132 valence electrons. The lowest BCUT2D eigenvalue weighted by Gasteiger charge is -2.24. The number of nitro groups is 1. The van der Waals surface area contributed by atoms with Gasteiger partial charge in [-0.25, -0.2) is 4.39 Å². The predicted molar refractivity (Wildman–Crippen MR) is 81.9 cm³/mol. The fourth-order valence-corrected chi connectivity index (χ4v) is 1.86. The lowest BCUT2D eigenvalue weighted by Crippen LogP contribution is -2.40. The number of carbonyl (C=O) groups excluding carboxylic acids is 2. The number of aliphatic hydroxyl groups excluding tert-OH is 1. The minimum Gasteiger partial charge on any atom is -0.459 e. The number of rotatable bonds is 6. The summed E-state index contributed by atoms with van der Waals surface area (Å²) in [6, 6.07) is 2.52. The average molecular weight is 342 g/mol. The van der Waals surface area contributed by atoms with Crippen LogP contribution in [0.25, 0.3) is 0 Å². The van der Waals surface area contributed by atoms with Gasteiger partial charge in [0.15, 0.2) is 0 Å². The summed E-state index contributed by atoms with van der Waals surface area (Å²) in [5, 5.41) is 19.8. The van der Waals surface area contributed by atoms with Crippen LogP contribution >= 0.6 is 0 Å². The molecule has 0 aliphatic heterocycles. The molecule has 1 amide bonds. The van der Waals surface area contributed by atoms with Gasteiger partial charge in [-0.3, -0.25) is 19.7 Å². The van der Waals surface area contributed by atoms with Crippen LogP contribution in [0, 0.1) is 15.9 Å². The van der Waals surface area contributed by atoms with Crippen LogP contribution in [0.4, 0.5) is 10.1 Å². The van der Waals surface area contributed by atoms with E-state index in [1.54, 1.807) is 20.8 Å². The molecule has 0 unspecified atom stereocenters. The lowest BCUT2D eigenvalue weighted by atomic mass is 10.1. The second kappa shape index (κ2) is 7.82. The zero-order chi connectivity index (χ0) is 18.5. The van der Waals surface area contributed by atoms with Crippen molar-refractivity contribution >= 4 is 17.6 Å². The number of hydrogen-bond acceptors (Lipinski definition) is 6. The Kier molecular flexibility index (Phi) is 6.35. The Morgan fingerprint density at radius 3 is 2.50 bits per heavy atom. The lowest BCUT2D eigenvalue weighted by molar-refractivity contribution is -0.384. The fourth-order valence-electron chi connectivity index (χ4n) is 1.86. The number of nitrogens with zero attached hydrogens (tertiary/aromatic N) is 2. The summed E-state index contributed by atoms with van der Waals surface area (Å²) in [6.45, 7) is 3.69.